The molecule has 0 saturated carbocycles. The normalized spacial score (nSPS) is 17.2. The number of thioether (sulfide) groups is 1. The second-order valence-corrected chi connectivity index (χ2v) is 8.03. The number of nitrogens with zero attached hydrogens (tertiary/aromatic N) is 1. The van der Waals surface area contributed by atoms with Gasteiger partial charge in [-0.2, -0.15) is 0 Å². The van der Waals surface area contributed by atoms with Gasteiger partial charge in [0.25, 0.3) is 0 Å². The molecule has 1 unspecified atom stereocenters. The van der Waals surface area contributed by atoms with Gasteiger partial charge in [0.15, 0.2) is 0 Å². The number of unbranched alkanes of at least 4 members (excludes halogenated alkanes) is 1. The van der Waals surface area contributed by atoms with Gasteiger partial charge in [-0.15, -0.1) is 11.8 Å². The average molecular weight is 420 g/mol. The highest BCUT2D eigenvalue weighted by Gasteiger charge is 2.32. The Morgan fingerprint density at radius 3 is 2.72 bits per heavy atom. The summed E-state index contributed by atoms with van der Waals surface area (Å²) in [5.41, 5.74) is 1.84. The molecule has 0 saturated heterocycles. The molecule has 1 heterocycles. The van der Waals surface area contributed by atoms with Gasteiger partial charge in [0.1, 0.15) is 5.75 Å². The maximum atomic E-state index is 13.3. The summed E-state index contributed by atoms with van der Waals surface area (Å²) in [5, 5.41) is 0. The molecule has 2 aromatic carbocycles. The summed E-state index contributed by atoms with van der Waals surface area (Å²) >= 11 is 5.31. The first-order chi connectivity index (χ1) is 12.2. The summed E-state index contributed by atoms with van der Waals surface area (Å²) < 4.78 is 6.30. The molecule has 25 heavy (non-hydrogen) atoms. The molecule has 0 aliphatic carbocycles. The molecule has 132 valence electrons. The van der Waals surface area contributed by atoms with Crippen LogP contribution in [0.1, 0.15) is 26.2 Å². The molecule has 1 aliphatic heterocycles. The topological polar surface area (TPSA) is 29.5 Å². The van der Waals surface area contributed by atoms with Crippen LogP contribution in [-0.4, -0.2) is 18.8 Å². The fourth-order valence-electron chi connectivity index (χ4n) is 3.03. The minimum Gasteiger partial charge on any atom is -0.496 e. The van der Waals surface area contributed by atoms with Crippen LogP contribution in [0.25, 0.3) is 0 Å². The summed E-state index contributed by atoms with van der Waals surface area (Å²) in [5.74, 6) is 1.81. The van der Waals surface area contributed by atoms with Crippen molar-refractivity contribution in [3.8, 4) is 5.75 Å². The summed E-state index contributed by atoms with van der Waals surface area (Å²) in [4.78, 5) is 16.3. The Hall–Kier alpha value is -1.46. The second kappa shape index (κ2) is 8.28. The van der Waals surface area contributed by atoms with Crippen molar-refractivity contribution < 1.29 is 9.53 Å². The Labute approximate surface area is 161 Å². The zero-order valence-electron chi connectivity index (χ0n) is 14.5. The van der Waals surface area contributed by atoms with E-state index in [0.29, 0.717) is 0 Å². The minimum atomic E-state index is 0.0299. The zero-order valence-corrected chi connectivity index (χ0v) is 16.9. The average Bonchev–Trinajstić information content (AvgIpc) is 2.76. The smallest absolute Gasteiger partial charge is 0.235 e. The number of rotatable bonds is 5. The van der Waals surface area contributed by atoms with E-state index in [1.807, 2.05) is 47.4 Å². The van der Waals surface area contributed by atoms with Crippen molar-refractivity contribution in [2.75, 3.05) is 17.8 Å². The second-order valence-electron chi connectivity index (χ2n) is 6.11. The van der Waals surface area contributed by atoms with E-state index in [-0.39, 0.29) is 11.8 Å². The molecule has 1 aliphatic rings. The van der Waals surface area contributed by atoms with Gasteiger partial charge >= 0.3 is 0 Å². The number of hydrogen-bond donors (Lipinski definition) is 0. The number of ether oxygens (including phenoxy) is 1. The highest BCUT2D eigenvalue weighted by molar-refractivity contribution is 9.10. The van der Waals surface area contributed by atoms with Gasteiger partial charge in [-0.1, -0.05) is 38.0 Å². The van der Waals surface area contributed by atoms with Crippen LogP contribution in [0.3, 0.4) is 0 Å². The number of carbonyl (C=O) groups is 1. The summed E-state index contributed by atoms with van der Waals surface area (Å²) in [6, 6.07) is 13.9. The first-order valence-corrected chi connectivity index (χ1v) is 10.3. The van der Waals surface area contributed by atoms with Crippen molar-refractivity contribution >= 4 is 45.0 Å². The van der Waals surface area contributed by atoms with Gasteiger partial charge in [0.2, 0.25) is 5.91 Å². The Balaban J connectivity index is 2.09. The first kappa shape index (κ1) is 18.3. The monoisotopic (exact) mass is 419 g/mol. The lowest BCUT2D eigenvalue weighted by Crippen LogP contribution is -2.32. The molecule has 0 fully saturated rings. The molecule has 0 spiro atoms. The highest BCUT2D eigenvalue weighted by atomic mass is 79.9. The molecule has 0 bridgehead atoms. The van der Waals surface area contributed by atoms with E-state index >= 15 is 0 Å². The van der Waals surface area contributed by atoms with Crippen LogP contribution in [0, 0.1) is 5.92 Å². The van der Waals surface area contributed by atoms with Crippen LogP contribution < -0.4 is 9.64 Å². The zero-order chi connectivity index (χ0) is 17.8. The van der Waals surface area contributed by atoms with Crippen molar-refractivity contribution in [1.82, 2.24) is 0 Å². The van der Waals surface area contributed by atoms with Gasteiger partial charge in [0.05, 0.1) is 17.3 Å². The number of para-hydroxylation sites is 1. The lowest BCUT2D eigenvalue weighted by molar-refractivity contribution is -0.121. The molecule has 0 radical (unpaired) electrons. The number of carbonyl (C=O) groups excluding carboxylic acids is 1. The lowest BCUT2D eigenvalue weighted by atomic mass is 10.0. The van der Waals surface area contributed by atoms with E-state index in [1.165, 1.54) is 0 Å². The third-order valence-electron chi connectivity index (χ3n) is 4.40. The number of methoxy groups -OCH3 is 1. The van der Waals surface area contributed by atoms with Crippen LogP contribution in [0.5, 0.6) is 5.75 Å². The molecule has 1 amide bonds. The highest BCUT2D eigenvalue weighted by Crippen LogP contribution is 2.45. The van der Waals surface area contributed by atoms with E-state index in [0.717, 1.165) is 51.5 Å². The van der Waals surface area contributed by atoms with Crippen molar-refractivity contribution in [1.29, 1.82) is 0 Å². The van der Waals surface area contributed by atoms with E-state index in [4.69, 9.17) is 4.74 Å². The molecule has 2 aromatic rings. The van der Waals surface area contributed by atoms with Crippen molar-refractivity contribution in [3.63, 3.8) is 0 Å². The van der Waals surface area contributed by atoms with Crippen molar-refractivity contribution in [3.05, 3.63) is 46.9 Å². The number of amides is 1. The first-order valence-electron chi connectivity index (χ1n) is 8.55. The molecule has 1 atom stereocenters. The SMILES string of the molecule is CCCCC1CSc2cc(OC)c(Br)cc2N(c2ccccc2)C1=O. The number of anilines is 2. The van der Waals surface area contributed by atoms with Gasteiger partial charge < -0.3 is 4.74 Å². The maximum Gasteiger partial charge on any atom is 0.235 e. The van der Waals surface area contributed by atoms with E-state index in [1.54, 1.807) is 18.9 Å². The molecule has 5 heteroatoms. The molecule has 0 N–H and O–H groups in total. The predicted molar refractivity (Wildman–Crippen MR) is 108 cm³/mol. The standard InChI is InChI=1S/C20H22BrNO2S/c1-3-4-8-14-13-25-19-12-18(24-2)16(21)11-17(19)22(20(14)23)15-9-6-5-7-10-15/h5-7,9-12,14H,3-4,8,13H2,1-2H3. The molecular weight excluding hydrogens is 398 g/mol. The third-order valence-corrected chi connectivity index (χ3v) is 6.23. The van der Waals surface area contributed by atoms with E-state index < -0.39 is 0 Å². The van der Waals surface area contributed by atoms with Crippen molar-refractivity contribution in [2.24, 2.45) is 5.92 Å². The summed E-state index contributed by atoms with van der Waals surface area (Å²) in [6.45, 7) is 2.17. The minimum absolute atomic E-state index is 0.0299. The van der Waals surface area contributed by atoms with E-state index in [9.17, 15) is 4.79 Å². The van der Waals surface area contributed by atoms with Gasteiger partial charge in [-0.25, -0.2) is 0 Å². The van der Waals surface area contributed by atoms with Crippen molar-refractivity contribution in [2.45, 2.75) is 31.1 Å². The molecule has 3 nitrogen and oxygen atoms in total. The number of halogens is 1. The lowest BCUT2D eigenvalue weighted by Gasteiger charge is -2.26. The Morgan fingerprint density at radius 1 is 1.28 bits per heavy atom. The quantitative estimate of drug-likeness (QED) is 0.591. The molecular formula is C20H22BrNO2S. The van der Waals surface area contributed by atoms with Gasteiger partial charge in [-0.3, -0.25) is 9.69 Å². The number of benzene rings is 2. The van der Waals surface area contributed by atoms with Crippen LogP contribution in [0.15, 0.2) is 51.8 Å². The molecule has 3 rings (SSSR count). The van der Waals surface area contributed by atoms with Crippen LogP contribution in [0.2, 0.25) is 0 Å². The number of fused-ring (bicyclic) bond motifs is 1. The fourth-order valence-corrected chi connectivity index (χ4v) is 4.71. The molecule has 0 aromatic heterocycles. The Bertz CT molecular complexity index is 751. The summed E-state index contributed by atoms with van der Waals surface area (Å²) in [6.07, 6.45) is 3.10. The Morgan fingerprint density at radius 2 is 2.04 bits per heavy atom. The maximum absolute atomic E-state index is 13.3. The largest absolute Gasteiger partial charge is 0.496 e. The van der Waals surface area contributed by atoms with Gasteiger partial charge in [0, 0.05) is 22.3 Å². The van der Waals surface area contributed by atoms with Crippen LogP contribution >= 0.6 is 27.7 Å². The predicted octanol–water partition coefficient (Wildman–Crippen LogP) is 6.03. The van der Waals surface area contributed by atoms with Gasteiger partial charge in [-0.05, 0) is 46.6 Å². The third kappa shape index (κ3) is 3.87. The van der Waals surface area contributed by atoms with E-state index in [2.05, 4.69) is 22.9 Å². The fraction of sp³-hybridized carbons (Fsp3) is 0.350. The Kier molecular flexibility index (Phi) is 6.07. The summed E-state index contributed by atoms with van der Waals surface area (Å²) in [7, 11) is 1.66. The van der Waals surface area contributed by atoms with Crippen LogP contribution in [-0.2, 0) is 4.79 Å². The van der Waals surface area contributed by atoms with Crippen LogP contribution in [0.4, 0.5) is 11.4 Å². The number of hydrogen-bond acceptors (Lipinski definition) is 3.